The standard InChI is InChI=1S/C25H36N2O5/c1-8-10-17-21(28)31-22(19-15-12-11-13-16-19)18(3)27(7)23(29)20(14-9-2)26-24(30)32-25(4,5)6/h8-9,11-13,15-16,18,20,22H,1-2,10,14,17H2,3-7H3,(H,26,30). The van der Waals surface area contributed by atoms with Crippen LogP contribution in [-0.4, -0.2) is 47.6 Å². The zero-order chi connectivity index (χ0) is 24.3. The molecule has 3 unspecified atom stereocenters. The molecule has 0 saturated heterocycles. The SMILES string of the molecule is C=CCCC(=O)OC(c1ccccc1)C(C)N(C)C(=O)C(CC=C)NC(=O)OC(C)(C)C. The number of nitrogens with one attached hydrogen (secondary N) is 1. The number of likely N-dealkylation sites (N-methyl/N-ethyl adjacent to an activating group) is 1. The number of carbonyl (C=O) groups is 3. The molecular weight excluding hydrogens is 408 g/mol. The van der Waals surface area contributed by atoms with Crippen LogP contribution in [0.4, 0.5) is 4.79 Å². The minimum atomic E-state index is -0.859. The van der Waals surface area contributed by atoms with Crippen molar-refractivity contribution < 1.29 is 23.9 Å². The van der Waals surface area contributed by atoms with Gasteiger partial charge in [-0.25, -0.2) is 4.79 Å². The van der Waals surface area contributed by atoms with E-state index in [4.69, 9.17) is 9.47 Å². The topological polar surface area (TPSA) is 84.9 Å². The van der Waals surface area contributed by atoms with Crippen LogP contribution in [0.15, 0.2) is 55.6 Å². The molecule has 0 radical (unpaired) electrons. The fraction of sp³-hybridized carbons (Fsp3) is 0.480. The van der Waals surface area contributed by atoms with Gasteiger partial charge in [-0.1, -0.05) is 42.5 Å². The molecule has 1 aromatic carbocycles. The van der Waals surface area contributed by atoms with Crippen molar-refractivity contribution in [2.75, 3.05) is 7.05 Å². The van der Waals surface area contributed by atoms with E-state index in [2.05, 4.69) is 18.5 Å². The van der Waals surface area contributed by atoms with E-state index in [1.807, 2.05) is 30.3 Å². The smallest absolute Gasteiger partial charge is 0.408 e. The fourth-order valence-corrected chi connectivity index (χ4v) is 3.00. The van der Waals surface area contributed by atoms with Gasteiger partial charge in [-0.05, 0) is 46.1 Å². The zero-order valence-electron chi connectivity index (χ0n) is 19.8. The van der Waals surface area contributed by atoms with Gasteiger partial charge in [-0.2, -0.15) is 0 Å². The largest absolute Gasteiger partial charge is 0.455 e. The van der Waals surface area contributed by atoms with Gasteiger partial charge in [0.25, 0.3) is 0 Å². The van der Waals surface area contributed by atoms with E-state index < -0.39 is 29.9 Å². The lowest BCUT2D eigenvalue weighted by atomic mass is 10.0. The van der Waals surface area contributed by atoms with E-state index in [1.54, 1.807) is 46.9 Å². The summed E-state index contributed by atoms with van der Waals surface area (Å²) in [5.41, 5.74) is 0.0790. The van der Waals surface area contributed by atoms with Crippen LogP contribution < -0.4 is 5.32 Å². The number of hydrogen-bond donors (Lipinski definition) is 1. The average molecular weight is 445 g/mol. The van der Waals surface area contributed by atoms with E-state index in [0.717, 1.165) is 5.56 Å². The van der Waals surface area contributed by atoms with E-state index in [1.165, 1.54) is 4.90 Å². The molecule has 0 bridgehead atoms. The number of amides is 2. The van der Waals surface area contributed by atoms with Crippen LogP contribution in [0.2, 0.25) is 0 Å². The zero-order valence-corrected chi connectivity index (χ0v) is 19.8. The lowest BCUT2D eigenvalue weighted by molar-refractivity contribution is -0.155. The lowest BCUT2D eigenvalue weighted by Gasteiger charge is -2.34. The van der Waals surface area contributed by atoms with Gasteiger partial charge in [0.2, 0.25) is 5.91 Å². The Labute approximate surface area is 191 Å². The average Bonchev–Trinajstić information content (AvgIpc) is 2.73. The summed E-state index contributed by atoms with van der Waals surface area (Å²) < 4.78 is 11.0. The van der Waals surface area contributed by atoms with Gasteiger partial charge >= 0.3 is 12.1 Å². The number of alkyl carbamates (subject to hydrolysis) is 1. The first-order valence-corrected chi connectivity index (χ1v) is 10.7. The van der Waals surface area contributed by atoms with Crippen LogP contribution in [0, 0.1) is 0 Å². The molecule has 176 valence electrons. The van der Waals surface area contributed by atoms with E-state index in [9.17, 15) is 14.4 Å². The number of benzene rings is 1. The number of carbonyl (C=O) groups excluding carboxylic acids is 3. The number of rotatable bonds is 11. The molecule has 0 aromatic heterocycles. The molecule has 1 N–H and O–H groups in total. The predicted octanol–water partition coefficient (Wildman–Crippen LogP) is 4.55. The summed E-state index contributed by atoms with van der Waals surface area (Å²) in [6, 6.07) is 7.90. The molecule has 0 aliphatic rings. The van der Waals surface area contributed by atoms with Crippen molar-refractivity contribution in [1.29, 1.82) is 0 Å². The lowest BCUT2D eigenvalue weighted by Crippen LogP contribution is -2.51. The second kappa shape index (κ2) is 12.7. The van der Waals surface area contributed by atoms with Crippen LogP contribution in [-0.2, 0) is 19.1 Å². The Morgan fingerprint density at radius 1 is 1.12 bits per heavy atom. The Morgan fingerprint density at radius 3 is 2.28 bits per heavy atom. The minimum Gasteiger partial charge on any atom is -0.455 e. The number of ether oxygens (including phenoxy) is 2. The molecule has 0 saturated carbocycles. The van der Waals surface area contributed by atoms with E-state index in [-0.39, 0.29) is 24.7 Å². The highest BCUT2D eigenvalue weighted by Gasteiger charge is 2.33. The quantitative estimate of drug-likeness (QED) is 0.400. The summed E-state index contributed by atoms with van der Waals surface area (Å²) in [6.07, 6.45) is 2.79. The summed E-state index contributed by atoms with van der Waals surface area (Å²) in [6.45, 7) is 14.3. The van der Waals surface area contributed by atoms with Gasteiger partial charge in [0.1, 0.15) is 17.7 Å². The van der Waals surface area contributed by atoms with Crippen molar-refractivity contribution in [3.63, 3.8) is 0 Å². The molecule has 1 rings (SSSR count). The van der Waals surface area contributed by atoms with Crippen molar-refractivity contribution in [2.24, 2.45) is 0 Å². The first kappa shape index (κ1) is 26.9. The maximum atomic E-state index is 13.2. The summed E-state index contributed by atoms with van der Waals surface area (Å²) in [5, 5.41) is 2.61. The summed E-state index contributed by atoms with van der Waals surface area (Å²) >= 11 is 0. The first-order valence-electron chi connectivity index (χ1n) is 10.7. The second-order valence-electron chi connectivity index (χ2n) is 8.56. The van der Waals surface area contributed by atoms with Crippen molar-refractivity contribution in [3.8, 4) is 0 Å². The maximum Gasteiger partial charge on any atom is 0.408 e. The molecule has 0 aliphatic carbocycles. The van der Waals surface area contributed by atoms with Crippen LogP contribution in [0.5, 0.6) is 0 Å². The van der Waals surface area contributed by atoms with Gasteiger partial charge in [0, 0.05) is 13.5 Å². The minimum absolute atomic E-state index is 0.205. The van der Waals surface area contributed by atoms with Crippen LogP contribution in [0.25, 0.3) is 0 Å². The Kier molecular flexibility index (Phi) is 10.7. The summed E-state index contributed by atoms with van der Waals surface area (Å²) in [5.74, 6) is -0.715. The molecule has 7 nitrogen and oxygen atoms in total. The molecule has 32 heavy (non-hydrogen) atoms. The molecule has 1 aromatic rings. The highest BCUT2D eigenvalue weighted by Crippen LogP contribution is 2.26. The third-order valence-corrected chi connectivity index (χ3v) is 4.73. The van der Waals surface area contributed by atoms with Gasteiger partial charge in [0.15, 0.2) is 0 Å². The Bertz CT molecular complexity index is 785. The van der Waals surface area contributed by atoms with E-state index in [0.29, 0.717) is 6.42 Å². The molecule has 0 heterocycles. The molecule has 0 fully saturated rings. The molecule has 0 aliphatic heterocycles. The second-order valence-corrected chi connectivity index (χ2v) is 8.56. The van der Waals surface area contributed by atoms with E-state index >= 15 is 0 Å². The van der Waals surface area contributed by atoms with Gasteiger partial charge < -0.3 is 19.7 Å². The fourth-order valence-electron chi connectivity index (χ4n) is 3.00. The third-order valence-electron chi connectivity index (χ3n) is 4.73. The molecule has 0 spiro atoms. The van der Waals surface area contributed by atoms with Crippen molar-refractivity contribution in [1.82, 2.24) is 10.2 Å². The monoisotopic (exact) mass is 444 g/mol. The molecule has 7 heteroatoms. The van der Waals surface area contributed by atoms with Crippen molar-refractivity contribution >= 4 is 18.0 Å². The Balaban J connectivity index is 3.05. The van der Waals surface area contributed by atoms with Gasteiger partial charge in [-0.3, -0.25) is 9.59 Å². The van der Waals surface area contributed by atoms with Crippen LogP contribution >= 0.6 is 0 Å². The molecule has 3 atom stereocenters. The molecule has 2 amide bonds. The summed E-state index contributed by atoms with van der Waals surface area (Å²) in [4.78, 5) is 39.3. The normalized spacial score (nSPS) is 13.8. The van der Waals surface area contributed by atoms with Gasteiger partial charge in [0.05, 0.1) is 6.04 Å². The highest BCUT2D eigenvalue weighted by atomic mass is 16.6. The first-order chi connectivity index (χ1) is 15.0. The summed E-state index contributed by atoms with van der Waals surface area (Å²) in [7, 11) is 1.62. The van der Waals surface area contributed by atoms with Crippen LogP contribution in [0.1, 0.15) is 58.6 Å². The van der Waals surface area contributed by atoms with Crippen molar-refractivity contribution in [3.05, 3.63) is 61.2 Å². The van der Waals surface area contributed by atoms with Crippen molar-refractivity contribution in [2.45, 2.75) is 70.7 Å². The predicted molar refractivity (Wildman–Crippen MR) is 125 cm³/mol. The third kappa shape index (κ3) is 8.96. The Hall–Kier alpha value is -3.09. The van der Waals surface area contributed by atoms with Crippen LogP contribution in [0.3, 0.4) is 0 Å². The number of esters is 1. The highest BCUT2D eigenvalue weighted by molar-refractivity contribution is 5.86. The number of hydrogen-bond acceptors (Lipinski definition) is 5. The number of nitrogens with zero attached hydrogens (tertiary/aromatic N) is 1. The molecular formula is C25H36N2O5. The number of allylic oxidation sites excluding steroid dienone is 1. The Morgan fingerprint density at radius 2 is 1.75 bits per heavy atom. The van der Waals surface area contributed by atoms with Gasteiger partial charge in [-0.15, -0.1) is 13.2 Å². The maximum absolute atomic E-state index is 13.2.